The predicted octanol–water partition coefficient (Wildman–Crippen LogP) is 3.85. The molecule has 1 aliphatic heterocycles. The Kier molecular flexibility index (Phi) is 5.09. The van der Waals surface area contributed by atoms with E-state index in [9.17, 15) is 14.0 Å². The second kappa shape index (κ2) is 7.70. The van der Waals surface area contributed by atoms with Crippen molar-refractivity contribution in [3.63, 3.8) is 0 Å². The molecule has 2 atom stereocenters. The number of hydrogen-bond acceptors (Lipinski definition) is 4. The summed E-state index contributed by atoms with van der Waals surface area (Å²) in [6.45, 7) is 0. The summed E-state index contributed by atoms with van der Waals surface area (Å²) in [7, 11) is 3.18. The van der Waals surface area contributed by atoms with Crippen LogP contribution in [-0.2, 0) is 9.59 Å². The van der Waals surface area contributed by atoms with Crippen molar-refractivity contribution < 1.29 is 23.5 Å². The average Bonchev–Trinajstić information content (AvgIpc) is 2.72. The van der Waals surface area contributed by atoms with Crippen LogP contribution in [0.5, 0.6) is 11.5 Å². The summed E-state index contributed by atoms with van der Waals surface area (Å²) in [5.74, 6) is 0.413. The molecule has 6 heteroatoms. The molecule has 1 heterocycles. The number of Topliss-reactive ketones (excluding diaryl/α,β-unsaturated/α-hetero) is 1. The Morgan fingerprint density at radius 2 is 1.72 bits per heavy atom. The lowest BCUT2D eigenvalue weighted by Crippen LogP contribution is -2.38. The summed E-state index contributed by atoms with van der Waals surface area (Å²) in [4.78, 5) is 25.5. The Labute approximate surface area is 168 Å². The number of halogens is 1. The molecule has 0 unspecified atom stereocenters. The van der Waals surface area contributed by atoms with Crippen LogP contribution < -0.4 is 14.8 Å². The molecule has 0 saturated heterocycles. The fourth-order valence-electron chi connectivity index (χ4n) is 4.32. The summed E-state index contributed by atoms with van der Waals surface area (Å²) in [5, 5.41) is 2.90. The van der Waals surface area contributed by atoms with E-state index in [0.29, 0.717) is 35.6 Å². The Hall–Kier alpha value is -3.15. The highest BCUT2D eigenvalue weighted by atomic mass is 19.1. The highest BCUT2D eigenvalue weighted by Gasteiger charge is 2.38. The van der Waals surface area contributed by atoms with Gasteiger partial charge in [-0.05, 0) is 42.3 Å². The lowest BCUT2D eigenvalue weighted by Gasteiger charge is -2.34. The highest BCUT2D eigenvalue weighted by molar-refractivity contribution is 6.02. The minimum Gasteiger partial charge on any atom is -0.497 e. The van der Waals surface area contributed by atoms with Gasteiger partial charge in [0.15, 0.2) is 5.78 Å². The van der Waals surface area contributed by atoms with Gasteiger partial charge in [0.05, 0.1) is 14.2 Å². The van der Waals surface area contributed by atoms with E-state index in [0.717, 1.165) is 11.1 Å². The van der Waals surface area contributed by atoms with Crippen LogP contribution in [0, 0.1) is 5.82 Å². The van der Waals surface area contributed by atoms with E-state index < -0.39 is 0 Å². The summed E-state index contributed by atoms with van der Waals surface area (Å²) in [6, 6.07) is 11.5. The SMILES string of the molecule is COc1ccc(OC)c([C@H]2CC(=O)C3=C(C2)NC(=O)C[C@H]3c2ccc(F)cc2)c1. The van der Waals surface area contributed by atoms with E-state index in [4.69, 9.17) is 9.47 Å². The van der Waals surface area contributed by atoms with E-state index in [1.165, 1.54) is 12.1 Å². The Bertz CT molecular complexity index is 996. The number of methoxy groups -OCH3 is 2. The number of benzene rings is 2. The quantitative estimate of drug-likeness (QED) is 0.854. The third-order valence-electron chi connectivity index (χ3n) is 5.69. The number of rotatable bonds is 4. The number of carbonyl (C=O) groups excluding carboxylic acids is 2. The number of ketones is 1. The summed E-state index contributed by atoms with van der Waals surface area (Å²) in [6.07, 6.45) is 1.02. The van der Waals surface area contributed by atoms with Crippen LogP contribution in [0.2, 0.25) is 0 Å². The lowest BCUT2D eigenvalue weighted by atomic mass is 9.73. The molecule has 150 valence electrons. The van der Waals surface area contributed by atoms with Crippen molar-refractivity contribution in [3.05, 3.63) is 70.7 Å². The average molecular weight is 395 g/mol. The summed E-state index contributed by atoms with van der Waals surface area (Å²) in [5.41, 5.74) is 2.94. The van der Waals surface area contributed by atoms with Crippen molar-refractivity contribution >= 4 is 11.7 Å². The van der Waals surface area contributed by atoms with Gasteiger partial charge in [0.2, 0.25) is 5.91 Å². The number of amides is 1. The zero-order valence-electron chi connectivity index (χ0n) is 16.3. The van der Waals surface area contributed by atoms with Gasteiger partial charge < -0.3 is 14.8 Å². The van der Waals surface area contributed by atoms with Crippen LogP contribution in [-0.4, -0.2) is 25.9 Å². The molecule has 5 nitrogen and oxygen atoms in total. The largest absolute Gasteiger partial charge is 0.497 e. The third-order valence-corrected chi connectivity index (χ3v) is 5.69. The molecule has 1 amide bonds. The second-order valence-electron chi connectivity index (χ2n) is 7.38. The van der Waals surface area contributed by atoms with Crippen LogP contribution >= 0.6 is 0 Å². The number of nitrogens with one attached hydrogen (secondary N) is 1. The van der Waals surface area contributed by atoms with E-state index in [1.807, 2.05) is 18.2 Å². The Morgan fingerprint density at radius 1 is 0.966 bits per heavy atom. The second-order valence-corrected chi connectivity index (χ2v) is 7.38. The number of carbonyl (C=O) groups is 2. The van der Waals surface area contributed by atoms with Crippen LogP contribution in [0.4, 0.5) is 4.39 Å². The number of allylic oxidation sites excluding steroid dienone is 2. The maximum absolute atomic E-state index is 13.3. The fraction of sp³-hybridized carbons (Fsp3) is 0.304. The molecule has 0 aromatic heterocycles. The standard InChI is InChI=1S/C23H22FNO4/c1-28-16-7-8-21(29-2)17(11-16)14-9-19-23(20(26)10-14)18(12-22(27)25-19)13-3-5-15(24)6-4-13/h3-8,11,14,18H,9-10,12H2,1-2H3,(H,25,27)/t14-,18+/m1/s1. The van der Waals surface area contributed by atoms with Crippen molar-refractivity contribution in [2.75, 3.05) is 14.2 Å². The van der Waals surface area contributed by atoms with Gasteiger partial charge in [-0.2, -0.15) is 0 Å². The molecule has 2 aromatic carbocycles. The first-order valence-electron chi connectivity index (χ1n) is 9.53. The first-order chi connectivity index (χ1) is 14.0. The molecule has 0 fully saturated rings. The first kappa shape index (κ1) is 19.2. The zero-order valence-corrected chi connectivity index (χ0v) is 16.3. The molecule has 1 N–H and O–H groups in total. The minimum absolute atomic E-state index is 0.00421. The fourth-order valence-corrected chi connectivity index (χ4v) is 4.32. The van der Waals surface area contributed by atoms with Gasteiger partial charge in [-0.25, -0.2) is 4.39 Å². The van der Waals surface area contributed by atoms with Gasteiger partial charge in [0, 0.05) is 41.5 Å². The molecule has 0 bridgehead atoms. The van der Waals surface area contributed by atoms with Gasteiger partial charge in [-0.1, -0.05) is 12.1 Å². The van der Waals surface area contributed by atoms with Crippen molar-refractivity contribution in [1.82, 2.24) is 5.32 Å². The topological polar surface area (TPSA) is 64.6 Å². The number of hydrogen-bond donors (Lipinski definition) is 1. The summed E-state index contributed by atoms with van der Waals surface area (Å²) < 4.78 is 24.1. The molecule has 29 heavy (non-hydrogen) atoms. The van der Waals surface area contributed by atoms with Crippen molar-refractivity contribution in [1.29, 1.82) is 0 Å². The van der Waals surface area contributed by atoms with Crippen molar-refractivity contribution in [2.24, 2.45) is 0 Å². The number of ether oxygens (including phenoxy) is 2. The first-order valence-corrected chi connectivity index (χ1v) is 9.53. The van der Waals surface area contributed by atoms with Crippen LogP contribution in [0.1, 0.15) is 42.2 Å². The molecule has 2 aromatic rings. The molecular weight excluding hydrogens is 373 g/mol. The normalized spacial score (nSPS) is 21.5. The van der Waals surface area contributed by atoms with Crippen LogP contribution in [0.25, 0.3) is 0 Å². The molecular formula is C23H22FNO4. The van der Waals surface area contributed by atoms with Gasteiger partial charge in [0.1, 0.15) is 17.3 Å². The van der Waals surface area contributed by atoms with E-state index in [1.54, 1.807) is 26.4 Å². The maximum Gasteiger partial charge on any atom is 0.225 e. The maximum atomic E-state index is 13.3. The van der Waals surface area contributed by atoms with Crippen molar-refractivity contribution in [3.8, 4) is 11.5 Å². The zero-order chi connectivity index (χ0) is 20.5. The van der Waals surface area contributed by atoms with E-state index >= 15 is 0 Å². The summed E-state index contributed by atoms with van der Waals surface area (Å²) >= 11 is 0. The Balaban J connectivity index is 1.72. The van der Waals surface area contributed by atoms with Gasteiger partial charge in [-0.15, -0.1) is 0 Å². The predicted molar refractivity (Wildman–Crippen MR) is 105 cm³/mol. The van der Waals surface area contributed by atoms with Gasteiger partial charge >= 0.3 is 0 Å². The molecule has 2 aliphatic rings. The molecule has 0 radical (unpaired) electrons. The highest BCUT2D eigenvalue weighted by Crippen LogP contribution is 2.45. The third kappa shape index (κ3) is 3.62. The van der Waals surface area contributed by atoms with Crippen LogP contribution in [0.15, 0.2) is 53.7 Å². The van der Waals surface area contributed by atoms with Gasteiger partial charge in [-0.3, -0.25) is 9.59 Å². The smallest absolute Gasteiger partial charge is 0.225 e. The monoisotopic (exact) mass is 395 g/mol. The molecule has 0 saturated carbocycles. The van der Waals surface area contributed by atoms with Gasteiger partial charge in [0.25, 0.3) is 0 Å². The Morgan fingerprint density at radius 3 is 2.41 bits per heavy atom. The molecule has 4 rings (SSSR count). The molecule has 0 spiro atoms. The van der Waals surface area contributed by atoms with Crippen molar-refractivity contribution in [2.45, 2.75) is 31.1 Å². The molecule has 1 aliphatic carbocycles. The van der Waals surface area contributed by atoms with E-state index in [-0.39, 0.29) is 35.8 Å². The minimum atomic E-state index is -0.347. The van der Waals surface area contributed by atoms with Crippen LogP contribution in [0.3, 0.4) is 0 Å². The van der Waals surface area contributed by atoms with E-state index in [2.05, 4.69) is 5.32 Å². The lowest BCUT2D eigenvalue weighted by molar-refractivity contribution is -0.122.